The van der Waals surface area contributed by atoms with Gasteiger partial charge in [-0.15, -0.1) is 0 Å². The Labute approximate surface area is 160 Å². The van der Waals surface area contributed by atoms with Gasteiger partial charge in [0.25, 0.3) is 5.91 Å². The Bertz CT molecular complexity index is 985. The van der Waals surface area contributed by atoms with E-state index < -0.39 is 29.5 Å². The van der Waals surface area contributed by atoms with Crippen LogP contribution < -0.4 is 10.6 Å². The number of benzene rings is 2. The second-order valence-electron chi connectivity index (χ2n) is 6.56. The van der Waals surface area contributed by atoms with Crippen LogP contribution in [0.5, 0.6) is 0 Å². The first kappa shape index (κ1) is 19.5. The average molecular weight is 386 g/mol. The predicted molar refractivity (Wildman–Crippen MR) is 102 cm³/mol. The van der Waals surface area contributed by atoms with Crippen molar-refractivity contribution >= 4 is 28.8 Å². The highest BCUT2D eigenvalue weighted by Crippen LogP contribution is 2.16. The van der Waals surface area contributed by atoms with Crippen molar-refractivity contribution < 1.29 is 18.4 Å². The Morgan fingerprint density at radius 3 is 2.57 bits per heavy atom. The number of nitrogens with zero attached hydrogens (tertiary/aromatic N) is 1. The Balaban J connectivity index is 1.77. The number of aromatic nitrogens is 2. The lowest BCUT2D eigenvalue weighted by molar-refractivity contribution is -0.119. The fraction of sp³-hybridized carbons (Fsp3) is 0.250. The molecular weight excluding hydrogens is 366 g/mol. The molecule has 3 aromatic rings. The maximum Gasteiger partial charge on any atom is 0.252 e. The normalized spacial score (nSPS) is 13.1. The van der Waals surface area contributed by atoms with E-state index in [-0.39, 0.29) is 17.4 Å². The molecule has 28 heavy (non-hydrogen) atoms. The van der Waals surface area contributed by atoms with Crippen molar-refractivity contribution in [2.75, 3.05) is 5.32 Å². The molecule has 0 radical (unpaired) electrons. The van der Waals surface area contributed by atoms with Crippen LogP contribution in [-0.2, 0) is 4.79 Å². The predicted octanol–water partition coefficient (Wildman–Crippen LogP) is 3.62. The second-order valence-corrected chi connectivity index (χ2v) is 6.56. The zero-order valence-electron chi connectivity index (χ0n) is 15.4. The van der Waals surface area contributed by atoms with Crippen LogP contribution in [0.3, 0.4) is 0 Å². The summed E-state index contributed by atoms with van der Waals surface area (Å²) in [6.07, 6.45) is 0.621. The lowest BCUT2D eigenvalue weighted by Crippen LogP contribution is -2.47. The topological polar surface area (TPSA) is 86.9 Å². The molecule has 0 unspecified atom stereocenters. The molecule has 6 nitrogen and oxygen atoms in total. The van der Waals surface area contributed by atoms with Crippen molar-refractivity contribution in [3.8, 4) is 0 Å². The fourth-order valence-electron chi connectivity index (χ4n) is 2.77. The summed E-state index contributed by atoms with van der Waals surface area (Å²) in [5.74, 6) is -3.22. The Morgan fingerprint density at radius 2 is 1.89 bits per heavy atom. The van der Waals surface area contributed by atoms with Crippen molar-refractivity contribution in [3.05, 3.63) is 59.7 Å². The van der Waals surface area contributed by atoms with Crippen LogP contribution in [0.1, 0.15) is 30.6 Å². The average Bonchev–Trinajstić information content (AvgIpc) is 3.09. The summed E-state index contributed by atoms with van der Waals surface area (Å²) in [4.78, 5) is 32.5. The molecular formula is C20H20F2N4O2. The Hall–Kier alpha value is -3.29. The van der Waals surface area contributed by atoms with Crippen molar-refractivity contribution in [1.82, 2.24) is 15.3 Å². The summed E-state index contributed by atoms with van der Waals surface area (Å²) in [5.41, 5.74) is 1.40. The van der Waals surface area contributed by atoms with Gasteiger partial charge in [0.2, 0.25) is 11.9 Å². The third kappa shape index (κ3) is 4.16. The first-order valence-electron chi connectivity index (χ1n) is 8.90. The molecule has 146 valence electrons. The van der Waals surface area contributed by atoms with Crippen molar-refractivity contribution in [1.29, 1.82) is 0 Å². The van der Waals surface area contributed by atoms with Crippen molar-refractivity contribution in [2.45, 2.75) is 26.3 Å². The number of anilines is 1. The van der Waals surface area contributed by atoms with Crippen LogP contribution in [-0.4, -0.2) is 27.8 Å². The molecule has 8 heteroatoms. The summed E-state index contributed by atoms with van der Waals surface area (Å²) in [7, 11) is 0. The molecule has 0 saturated carbocycles. The summed E-state index contributed by atoms with van der Waals surface area (Å²) >= 11 is 0. The van der Waals surface area contributed by atoms with Gasteiger partial charge in [0.15, 0.2) is 11.6 Å². The first-order valence-corrected chi connectivity index (χ1v) is 8.90. The molecule has 0 aliphatic heterocycles. The number of rotatable bonds is 6. The van der Waals surface area contributed by atoms with E-state index in [2.05, 4.69) is 20.6 Å². The lowest BCUT2D eigenvalue weighted by Gasteiger charge is -2.23. The minimum absolute atomic E-state index is 0.0660. The van der Waals surface area contributed by atoms with Gasteiger partial charge < -0.3 is 10.3 Å². The molecule has 0 bridgehead atoms. The molecule has 1 aromatic heterocycles. The molecule has 0 aliphatic rings. The number of carbonyl (C=O) groups is 2. The highest BCUT2D eigenvalue weighted by atomic mass is 19.2. The van der Waals surface area contributed by atoms with Gasteiger partial charge in [-0.2, -0.15) is 0 Å². The van der Waals surface area contributed by atoms with Crippen LogP contribution in [0.2, 0.25) is 0 Å². The minimum Gasteiger partial charge on any atom is -0.340 e. The molecule has 2 amide bonds. The fourth-order valence-corrected chi connectivity index (χ4v) is 2.77. The van der Waals surface area contributed by atoms with Gasteiger partial charge in [-0.1, -0.05) is 32.4 Å². The number of halogens is 2. The second kappa shape index (κ2) is 8.16. The van der Waals surface area contributed by atoms with Crippen LogP contribution in [0.25, 0.3) is 11.0 Å². The van der Waals surface area contributed by atoms with Crippen molar-refractivity contribution in [3.63, 3.8) is 0 Å². The number of aromatic amines is 1. The lowest BCUT2D eigenvalue weighted by atomic mass is 9.98. The van der Waals surface area contributed by atoms with Gasteiger partial charge in [0.05, 0.1) is 11.0 Å². The molecule has 0 fully saturated rings. The SMILES string of the molecule is CC[C@H](C)[C@H](NC(=O)c1ccc(F)c(F)c1)C(=O)Nc1nc2ccccc2[nH]1. The highest BCUT2D eigenvalue weighted by molar-refractivity contribution is 6.01. The van der Waals surface area contributed by atoms with E-state index in [0.29, 0.717) is 11.9 Å². The summed E-state index contributed by atoms with van der Waals surface area (Å²) in [6.45, 7) is 3.70. The third-order valence-electron chi connectivity index (χ3n) is 4.59. The first-order chi connectivity index (χ1) is 13.4. The number of hydrogen-bond donors (Lipinski definition) is 3. The van der Waals surface area contributed by atoms with Crippen LogP contribution >= 0.6 is 0 Å². The van der Waals surface area contributed by atoms with Gasteiger partial charge in [0.1, 0.15) is 6.04 Å². The van der Waals surface area contributed by atoms with Crippen LogP contribution in [0.4, 0.5) is 14.7 Å². The molecule has 0 saturated heterocycles. The number of imidazole rings is 1. The molecule has 3 rings (SSSR count). The summed E-state index contributed by atoms with van der Waals surface area (Å²) in [6, 6.07) is 9.27. The van der Waals surface area contributed by atoms with E-state index in [0.717, 1.165) is 17.6 Å². The number of carbonyl (C=O) groups excluding carboxylic acids is 2. The monoisotopic (exact) mass is 386 g/mol. The Kier molecular flexibility index (Phi) is 5.67. The number of hydrogen-bond acceptors (Lipinski definition) is 3. The standard InChI is InChI=1S/C20H20F2N4O2/c1-3-11(2)17(25-18(27)12-8-9-13(21)14(22)10-12)19(28)26-20-23-15-6-4-5-7-16(15)24-20/h4-11,17H,3H2,1-2H3,(H,25,27)(H2,23,24,26,28)/t11-,17-/m0/s1. The molecule has 2 atom stereocenters. The summed E-state index contributed by atoms with van der Waals surface area (Å²) in [5, 5.41) is 5.27. The number of fused-ring (bicyclic) bond motifs is 1. The number of nitrogens with one attached hydrogen (secondary N) is 3. The maximum absolute atomic E-state index is 13.4. The van der Waals surface area contributed by atoms with Crippen LogP contribution in [0.15, 0.2) is 42.5 Å². The zero-order valence-corrected chi connectivity index (χ0v) is 15.4. The smallest absolute Gasteiger partial charge is 0.252 e. The van der Waals surface area contributed by atoms with Gasteiger partial charge >= 0.3 is 0 Å². The highest BCUT2D eigenvalue weighted by Gasteiger charge is 2.27. The summed E-state index contributed by atoms with van der Waals surface area (Å²) < 4.78 is 26.5. The quantitative estimate of drug-likeness (QED) is 0.605. The molecule has 0 aliphatic carbocycles. The van der Waals surface area contributed by atoms with E-state index >= 15 is 0 Å². The van der Waals surface area contributed by atoms with E-state index in [1.165, 1.54) is 6.07 Å². The molecule has 0 spiro atoms. The largest absolute Gasteiger partial charge is 0.340 e. The minimum atomic E-state index is -1.13. The van der Waals surface area contributed by atoms with Gasteiger partial charge in [0, 0.05) is 5.56 Å². The third-order valence-corrected chi connectivity index (χ3v) is 4.59. The maximum atomic E-state index is 13.4. The Morgan fingerprint density at radius 1 is 1.14 bits per heavy atom. The van der Waals surface area contributed by atoms with E-state index in [1.54, 1.807) is 6.07 Å². The van der Waals surface area contributed by atoms with Crippen molar-refractivity contribution in [2.24, 2.45) is 5.92 Å². The van der Waals surface area contributed by atoms with E-state index in [9.17, 15) is 18.4 Å². The number of H-pyrrole nitrogens is 1. The molecule has 2 aromatic carbocycles. The van der Waals surface area contributed by atoms with E-state index in [1.807, 2.05) is 32.0 Å². The van der Waals surface area contributed by atoms with Gasteiger partial charge in [-0.3, -0.25) is 14.9 Å². The molecule has 1 heterocycles. The number of para-hydroxylation sites is 2. The number of amides is 2. The van der Waals surface area contributed by atoms with Gasteiger partial charge in [-0.05, 0) is 36.2 Å². The van der Waals surface area contributed by atoms with Crippen LogP contribution in [0, 0.1) is 17.6 Å². The van der Waals surface area contributed by atoms with Gasteiger partial charge in [-0.25, -0.2) is 13.8 Å². The zero-order chi connectivity index (χ0) is 20.3. The molecule has 3 N–H and O–H groups in total. The van der Waals surface area contributed by atoms with E-state index in [4.69, 9.17) is 0 Å².